The summed E-state index contributed by atoms with van der Waals surface area (Å²) in [6.45, 7) is 1.74. The molecule has 9 atom stereocenters. The lowest BCUT2D eigenvalue weighted by Gasteiger charge is -2.33. The molecular weight excluding hydrogens is 687 g/mol. The predicted molar refractivity (Wildman–Crippen MR) is 151 cm³/mol. The van der Waals surface area contributed by atoms with Crippen LogP contribution < -0.4 is 11.1 Å². The molecule has 3 aliphatic heterocycles. The fraction of sp³-hybridized carbons (Fsp3) is 0.700. The summed E-state index contributed by atoms with van der Waals surface area (Å²) < 4.78 is 61.7. The molecule has 251 valence electrons. The Morgan fingerprint density at radius 1 is 1.20 bits per heavy atom. The van der Waals surface area contributed by atoms with Crippen LogP contribution in [0.1, 0.15) is 40.3 Å². The minimum atomic E-state index is -5.59. The first-order valence-corrected chi connectivity index (χ1v) is 19.2. The van der Waals surface area contributed by atoms with Gasteiger partial charge in [0.25, 0.3) is 0 Å². The number of hydroxylamine groups is 2. The summed E-state index contributed by atoms with van der Waals surface area (Å²) >= 11 is 0.482. The van der Waals surface area contributed by atoms with E-state index >= 15 is 0 Å². The van der Waals surface area contributed by atoms with E-state index in [9.17, 15) is 43.7 Å². The molecule has 0 aromatic carbocycles. The van der Waals surface area contributed by atoms with E-state index in [0.717, 1.165) is 11.4 Å². The Bertz CT molecular complexity index is 1630. The van der Waals surface area contributed by atoms with E-state index < -0.39 is 81.4 Å². The summed E-state index contributed by atoms with van der Waals surface area (Å²) in [7, 11) is -11.0. The van der Waals surface area contributed by atoms with Gasteiger partial charge in [0.1, 0.15) is 30.2 Å². The van der Waals surface area contributed by atoms with Gasteiger partial charge in [0.15, 0.2) is 22.7 Å². The number of anilines is 1. The lowest BCUT2D eigenvalue weighted by molar-refractivity contribution is -0.246. The maximum absolute atomic E-state index is 12.8. The average molecular weight is 718 g/mol. The van der Waals surface area contributed by atoms with Crippen LogP contribution in [0.3, 0.4) is 0 Å². The molecule has 2 aromatic heterocycles. The van der Waals surface area contributed by atoms with Crippen molar-refractivity contribution in [1.29, 1.82) is 0 Å². The molecule has 3 fully saturated rings. The lowest BCUT2D eigenvalue weighted by Crippen LogP contribution is -2.53. The normalized spacial score (nSPS) is 35.2. The molecule has 0 aliphatic carbocycles. The molecule has 0 bridgehead atoms. The largest absolute Gasteiger partial charge is 0.508 e. The Hall–Kier alpha value is -1.58. The molecule has 1 amide bonds. The molecular formula is C20H31N7O14P3S. The zero-order valence-electron chi connectivity index (χ0n) is 24.0. The Kier molecular flexibility index (Phi) is 9.14. The first-order valence-electron chi connectivity index (χ1n) is 13.1. The number of amides is 1. The summed E-state index contributed by atoms with van der Waals surface area (Å²) in [6, 6.07) is -0.608. The molecule has 0 saturated carbocycles. The van der Waals surface area contributed by atoms with Gasteiger partial charge < -0.3 is 35.8 Å². The number of fused-ring (bicyclic) bond motifs is 1. The SMILES string of the molecule is CC1(C)CC(NC(=O)C2SP2(=O)OOP(=O)(O)OP(=O)(O)OC[C@H]2O[C@@H](n3cnc4c(N)ncnc43)[C@H](O)[C@@H]2O)C(C)(C)N1[O]. The minimum absolute atomic E-state index is 0.0443. The van der Waals surface area contributed by atoms with E-state index in [1.807, 2.05) is 0 Å². The van der Waals surface area contributed by atoms with Crippen LogP contribution in [0.25, 0.3) is 11.2 Å². The summed E-state index contributed by atoms with van der Waals surface area (Å²) in [4.78, 5) is 43.0. The maximum atomic E-state index is 12.8. The fourth-order valence-electron chi connectivity index (χ4n) is 5.16. The summed E-state index contributed by atoms with van der Waals surface area (Å²) in [5.41, 5.74) is 4.33. The Morgan fingerprint density at radius 2 is 1.89 bits per heavy atom. The molecule has 3 aliphatic rings. The number of imidazole rings is 1. The molecule has 21 nitrogen and oxygen atoms in total. The second-order valence-corrected chi connectivity index (χ2v) is 19.5. The van der Waals surface area contributed by atoms with Crippen molar-refractivity contribution in [3.63, 3.8) is 0 Å². The van der Waals surface area contributed by atoms with Crippen LogP contribution in [0.4, 0.5) is 5.82 Å². The molecule has 1 radical (unpaired) electrons. The first kappa shape index (κ1) is 34.7. The number of hydrogen-bond donors (Lipinski definition) is 6. The van der Waals surface area contributed by atoms with Crippen LogP contribution in [0, 0.1) is 0 Å². The third kappa shape index (κ3) is 6.87. The predicted octanol–water partition coefficient (Wildman–Crippen LogP) is 0.569. The van der Waals surface area contributed by atoms with Gasteiger partial charge >= 0.3 is 22.2 Å². The number of nitrogens with one attached hydrogen (secondary N) is 1. The van der Waals surface area contributed by atoms with Gasteiger partial charge in [-0.3, -0.25) is 18.5 Å². The maximum Gasteiger partial charge on any atom is 0.508 e. The van der Waals surface area contributed by atoms with Gasteiger partial charge in [-0.15, -0.1) is 14.9 Å². The molecule has 0 spiro atoms. The number of ether oxygens (including phenoxy) is 1. The number of rotatable bonds is 11. The highest BCUT2D eigenvalue weighted by atomic mass is 32.8. The molecule has 5 unspecified atom stereocenters. The van der Waals surface area contributed by atoms with Gasteiger partial charge in [-0.2, -0.15) is 8.99 Å². The van der Waals surface area contributed by atoms with E-state index in [1.54, 1.807) is 27.7 Å². The number of aliphatic hydroxyl groups is 2. The Morgan fingerprint density at radius 3 is 2.53 bits per heavy atom. The fourth-order valence-corrected chi connectivity index (χ4v) is 10.8. The summed E-state index contributed by atoms with van der Waals surface area (Å²) in [5.74, 6) is -0.723. The topological polar surface area (TPSA) is 300 Å². The third-order valence-corrected chi connectivity index (χ3v) is 14.2. The number of aliphatic hydroxyl groups excluding tert-OH is 2. The first-order chi connectivity index (χ1) is 20.7. The van der Waals surface area contributed by atoms with Crippen LogP contribution >= 0.6 is 33.6 Å². The van der Waals surface area contributed by atoms with E-state index in [1.165, 1.54) is 10.9 Å². The second kappa shape index (κ2) is 11.8. The van der Waals surface area contributed by atoms with E-state index in [-0.39, 0.29) is 17.0 Å². The van der Waals surface area contributed by atoms with Gasteiger partial charge in [-0.05, 0) is 45.5 Å². The molecule has 45 heavy (non-hydrogen) atoms. The number of carbonyl (C=O) groups excluding carboxylic acids is 1. The molecule has 2 aromatic rings. The number of aromatic nitrogens is 4. The van der Waals surface area contributed by atoms with Crippen molar-refractivity contribution >= 4 is 56.5 Å². The van der Waals surface area contributed by atoms with Crippen LogP contribution in [0.15, 0.2) is 12.7 Å². The summed E-state index contributed by atoms with van der Waals surface area (Å²) in [6.07, 6.45) is -3.38. The van der Waals surface area contributed by atoms with Crippen LogP contribution in [-0.4, -0.2) is 97.5 Å². The number of phosphoric acid groups is 2. The van der Waals surface area contributed by atoms with Crippen molar-refractivity contribution in [2.45, 2.75) is 80.8 Å². The van der Waals surface area contributed by atoms with Crippen molar-refractivity contribution in [1.82, 2.24) is 29.9 Å². The summed E-state index contributed by atoms with van der Waals surface area (Å²) in [5, 5.41) is 36.9. The van der Waals surface area contributed by atoms with Crippen LogP contribution in [0.5, 0.6) is 0 Å². The number of carbonyl (C=O) groups is 1. The monoisotopic (exact) mass is 718 g/mol. The Labute approximate surface area is 258 Å². The number of nitrogen functional groups attached to an aromatic ring is 1. The van der Waals surface area contributed by atoms with E-state index in [4.69, 9.17) is 10.5 Å². The quantitative estimate of drug-likeness (QED) is 0.0800. The van der Waals surface area contributed by atoms with Gasteiger partial charge in [0.2, 0.25) is 5.91 Å². The van der Waals surface area contributed by atoms with Gasteiger partial charge in [-0.25, -0.2) is 24.1 Å². The third-order valence-electron chi connectivity index (χ3n) is 7.50. The number of nitrogens with zero attached hydrogens (tertiary/aromatic N) is 5. The lowest BCUT2D eigenvalue weighted by atomic mass is 9.94. The number of nitrogens with two attached hydrogens (primary N) is 1. The molecule has 3 saturated heterocycles. The van der Waals surface area contributed by atoms with Crippen molar-refractivity contribution < 1.29 is 66.6 Å². The standard InChI is InChI=1S/C20H31N7O14P3S/c1-19(2)5-10(20(3,4)27(19)31)25-16(30)18-42(32,45-18)39-40-44(35,36)41-43(33,34)37-6-9-12(28)13(29)17(38-9)26-8-24-11-14(21)22-7-23-15(11)26/h7-10,12-13,17-18,28-29H,5-6H2,1-4H3,(H,25,30)(H,33,34)(H,35,36)(H2,21,22,23)/t9-,10?,12-,13-,17-,18?,42?/m1/s1. The molecule has 5 rings (SSSR count). The van der Waals surface area contributed by atoms with Crippen LogP contribution in [-0.2, 0) is 46.6 Å². The second-order valence-electron chi connectivity index (χ2n) is 11.6. The van der Waals surface area contributed by atoms with Gasteiger partial charge in [0, 0.05) is 5.54 Å². The highest BCUT2D eigenvalue weighted by Gasteiger charge is 2.63. The smallest absolute Gasteiger partial charge is 0.387 e. The number of phosphoric ester groups is 1. The Balaban J connectivity index is 1.12. The van der Waals surface area contributed by atoms with Crippen molar-refractivity contribution in [2.24, 2.45) is 0 Å². The van der Waals surface area contributed by atoms with Crippen molar-refractivity contribution in [3.05, 3.63) is 12.7 Å². The van der Waals surface area contributed by atoms with Gasteiger partial charge in [-0.1, -0.05) is 0 Å². The zero-order chi connectivity index (χ0) is 33.3. The number of hydrogen-bond acceptors (Lipinski definition) is 17. The molecule has 7 N–H and O–H groups in total. The molecule has 5 heterocycles. The molecule has 25 heteroatoms. The van der Waals surface area contributed by atoms with Crippen molar-refractivity contribution in [2.75, 3.05) is 12.3 Å². The highest BCUT2D eigenvalue weighted by Crippen LogP contribution is 2.86. The minimum Gasteiger partial charge on any atom is -0.387 e. The average Bonchev–Trinajstić information content (AvgIpc) is 3.21. The van der Waals surface area contributed by atoms with E-state index in [0.29, 0.717) is 17.8 Å². The van der Waals surface area contributed by atoms with Gasteiger partial charge in [0.05, 0.1) is 24.5 Å². The van der Waals surface area contributed by atoms with Crippen LogP contribution in [0.2, 0.25) is 0 Å². The zero-order valence-corrected chi connectivity index (χ0v) is 27.5. The highest BCUT2D eigenvalue weighted by molar-refractivity contribution is 8.73. The van der Waals surface area contributed by atoms with Crippen molar-refractivity contribution in [3.8, 4) is 0 Å². The van der Waals surface area contributed by atoms with E-state index in [2.05, 4.69) is 38.5 Å².